The molecule has 3 heteroatoms. The van der Waals surface area contributed by atoms with E-state index in [1.165, 1.54) is 5.56 Å². The smallest absolute Gasteiger partial charge is 0.0946 e. The van der Waals surface area contributed by atoms with Gasteiger partial charge in [0.1, 0.15) is 0 Å². The summed E-state index contributed by atoms with van der Waals surface area (Å²) in [5.74, 6) is 0. The lowest BCUT2D eigenvalue weighted by Gasteiger charge is -2.11. The first kappa shape index (κ1) is 11.2. The van der Waals surface area contributed by atoms with Crippen molar-refractivity contribution in [2.45, 2.75) is 25.3 Å². The van der Waals surface area contributed by atoms with Crippen LogP contribution >= 0.6 is 11.6 Å². The first-order chi connectivity index (χ1) is 7.79. The highest BCUT2D eigenvalue weighted by atomic mass is 35.5. The van der Waals surface area contributed by atoms with Gasteiger partial charge in [0.2, 0.25) is 0 Å². The Bertz CT molecular complexity index is 420. The van der Waals surface area contributed by atoms with Gasteiger partial charge in [-0.2, -0.15) is 0 Å². The second-order valence-corrected chi connectivity index (χ2v) is 4.35. The van der Waals surface area contributed by atoms with Crippen LogP contribution in [0.4, 0.5) is 0 Å². The highest BCUT2D eigenvalue weighted by Crippen LogP contribution is 2.22. The number of imidazole rings is 1. The average Bonchev–Trinajstić information content (AvgIpc) is 2.82. The van der Waals surface area contributed by atoms with Crippen LogP contribution in [-0.4, -0.2) is 9.55 Å². The Morgan fingerprint density at radius 3 is 2.62 bits per heavy atom. The first-order valence-corrected chi connectivity index (χ1v) is 5.92. The van der Waals surface area contributed by atoms with Gasteiger partial charge in [0.05, 0.1) is 11.7 Å². The van der Waals surface area contributed by atoms with Crippen molar-refractivity contribution in [3.63, 3.8) is 0 Å². The third-order valence-electron chi connectivity index (χ3n) is 2.68. The number of nitrogens with zero attached hydrogens (tertiary/aromatic N) is 2. The maximum absolute atomic E-state index is 6.34. The summed E-state index contributed by atoms with van der Waals surface area (Å²) in [6.45, 7) is 2.91. The summed E-state index contributed by atoms with van der Waals surface area (Å²) < 4.78 is 1.99. The molecule has 84 valence electrons. The van der Waals surface area contributed by atoms with E-state index >= 15 is 0 Å². The molecule has 0 saturated carbocycles. The van der Waals surface area contributed by atoms with E-state index in [9.17, 15) is 0 Å². The second-order valence-electron chi connectivity index (χ2n) is 3.82. The summed E-state index contributed by atoms with van der Waals surface area (Å²) in [4.78, 5) is 4.00. The van der Waals surface area contributed by atoms with Gasteiger partial charge >= 0.3 is 0 Å². The zero-order valence-corrected chi connectivity index (χ0v) is 10.1. The molecular formula is C13H15ClN2. The van der Waals surface area contributed by atoms with Crippen LogP contribution in [0.2, 0.25) is 0 Å². The van der Waals surface area contributed by atoms with E-state index in [2.05, 4.69) is 36.2 Å². The van der Waals surface area contributed by atoms with E-state index in [0.29, 0.717) is 0 Å². The van der Waals surface area contributed by atoms with Crippen molar-refractivity contribution >= 4 is 11.6 Å². The maximum atomic E-state index is 6.34. The first-order valence-electron chi connectivity index (χ1n) is 5.48. The number of halogens is 1. The fourth-order valence-electron chi connectivity index (χ4n) is 1.65. The summed E-state index contributed by atoms with van der Waals surface area (Å²) in [6, 6.07) is 8.48. The molecule has 0 amide bonds. The molecule has 2 rings (SSSR count). The topological polar surface area (TPSA) is 17.8 Å². The van der Waals surface area contributed by atoms with E-state index in [0.717, 1.165) is 18.5 Å². The fourth-order valence-corrected chi connectivity index (χ4v) is 1.95. The molecule has 0 aliphatic heterocycles. The number of rotatable bonds is 4. The van der Waals surface area contributed by atoms with Crippen LogP contribution in [0.5, 0.6) is 0 Å². The van der Waals surface area contributed by atoms with Crippen LogP contribution < -0.4 is 0 Å². The molecule has 0 bridgehead atoms. The normalized spacial score (nSPS) is 12.6. The number of alkyl halides is 1. The molecule has 2 nitrogen and oxygen atoms in total. The molecule has 0 N–H and O–H groups in total. The Morgan fingerprint density at radius 1 is 1.31 bits per heavy atom. The summed E-state index contributed by atoms with van der Waals surface area (Å²) in [5, 5.41) is 0.0000983. The van der Waals surface area contributed by atoms with E-state index in [4.69, 9.17) is 11.6 Å². The molecule has 0 aliphatic rings. The monoisotopic (exact) mass is 234 g/mol. The lowest BCUT2D eigenvalue weighted by atomic mass is 10.1. The third kappa shape index (κ3) is 2.64. The zero-order valence-electron chi connectivity index (χ0n) is 9.31. The molecular weight excluding hydrogens is 220 g/mol. The van der Waals surface area contributed by atoms with Crippen molar-refractivity contribution in [2.24, 2.45) is 0 Å². The van der Waals surface area contributed by atoms with Crippen molar-refractivity contribution in [2.75, 3.05) is 0 Å². The summed E-state index contributed by atoms with van der Waals surface area (Å²) in [7, 11) is 0. The van der Waals surface area contributed by atoms with Gasteiger partial charge in [-0.05, 0) is 17.5 Å². The van der Waals surface area contributed by atoms with Gasteiger partial charge < -0.3 is 4.57 Å². The molecule has 0 spiro atoms. The van der Waals surface area contributed by atoms with E-state index in [-0.39, 0.29) is 5.38 Å². The molecule has 0 saturated heterocycles. The van der Waals surface area contributed by atoms with Crippen LogP contribution in [0.15, 0.2) is 43.0 Å². The molecule has 0 aliphatic carbocycles. The predicted octanol–water partition coefficient (Wildman–Crippen LogP) is 3.43. The van der Waals surface area contributed by atoms with Crippen LogP contribution in [-0.2, 0) is 13.0 Å². The Hall–Kier alpha value is -1.28. The lowest BCUT2D eigenvalue weighted by molar-refractivity contribution is 0.677. The number of benzene rings is 1. The lowest BCUT2D eigenvalue weighted by Crippen LogP contribution is -2.02. The Kier molecular flexibility index (Phi) is 3.62. The van der Waals surface area contributed by atoms with Crippen molar-refractivity contribution in [1.82, 2.24) is 9.55 Å². The van der Waals surface area contributed by atoms with Crippen molar-refractivity contribution in [3.8, 4) is 0 Å². The van der Waals surface area contributed by atoms with Crippen molar-refractivity contribution in [1.29, 1.82) is 0 Å². The minimum atomic E-state index is 0.0000983. The van der Waals surface area contributed by atoms with Crippen LogP contribution in [0.25, 0.3) is 0 Å². The molecule has 2 aromatic rings. The van der Waals surface area contributed by atoms with Gasteiger partial charge in [-0.1, -0.05) is 31.2 Å². The van der Waals surface area contributed by atoms with E-state index in [1.54, 1.807) is 12.5 Å². The van der Waals surface area contributed by atoms with Crippen LogP contribution in [0.3, 0.4) is 0 Å². The maximum Gasteiger partial charge on any atom is 0.0946 e. The van der Waals surface area contributed by atoms with Crippen LogP contribution in [0.1, 0.15) is 23.4 Å². The molecule has 1 unspecified atom stereocenters. The largest absolute Gasteiger partial charge is 0.336 e. The molecule has 0 fully saturated rings. The Morgan fingerprint density at radius 2 is 2.06 bits per heavy atom. The predicted molar refractivity (Wildman–Crippen MR) is 66.6 cm³/mol. The standard InChI is InChI=1S/C13H15ClN2/c1-2-11-3-5-12(6-4-11)13(14)9-16-8-7-15-10-16/h3-8,10,13H,2,9H2,1H3. The van der Waals surface area contributed by atoms with Gasteiger partial charge in [0.25, 0.3) is 0 Å². The van der Waals surface area contributed by atoms with Crippen LogP contribution in [0, 0.1) is 0 Å². The van der Waals surface area contributed by atoms with Crippen molar-refractivity contribution < 1.29 is 0 Å². The SMILES string of the molecule is CCc1ccc(C(Cl)Cn2ccnc2)cc1. The van der Waals surface area contributed by atoms with Gasteiger partial charge in [-0.15, -0.1) is 11.6 Å². The number of aryl methyl sites for hydroxylation is 1. The molecule has 16 heavy (non-hydrogen) atoms. The van der Waals surface area contributed by atoms with Crippen molar-refractivity contribution in [3.05, 3.63) is 54.1 Å². The molecule has 1 heterocycles. The highest BCUT2D eigenvalue weighted by Gasteiger charge is 2.07. The average molecular weight is 235 g/mol. The minimum absolute atomic E-state index is 0.0000983. The highest BCUT2D eigenvalue weighted by molar-refractivity contribution is 6.20. The fraction of sp³-hybridized carbons (Fsp3) is 0.308. The molecule has 1 aromatic heterocycles. The molecule has 0 radical (unpaired) electrons. The van der Waals surface area contributed by atoms with E-state index in [1.807, 2.05) is 10.8 Å². The van der Waals surface area contributed by atoms with Gasteiger partial charge in [0.15, 0.2) is 0 Å². The zero-order chi connectivity index (χ0) is 11.4. The molecule has 1 aromatic carbocycles. The third-order valence-corrected chi connectivity index (χ3v) is 3.07. The quantitative estimate of drug-likeness (QED) is 0.742. The van der Waals surface area contributed by atoms with Gasteiger partial charge in [-0.25, -0.2) is 4.98 Å². The Labute approximate surface area is 101 Å². The minimum Gasteiger partial charge on any atom is -0.336 e. The summed E-state index contributed by atoms with van der Waals surface area (Å²) in [5.41, 5.74) is 2.50. The Balaban J connectivity index is 2.05. The summed E-state index contributed by atoms with van der Waals surface area (Å²) in [6.07, 6.45) is 6.55. The summed E-state index contributed by atoms with van der Waals surface area (Å²) >= 11 is 6.34. The molecule has 1 atom stereocenters. The number of hydrogen-bond donors (Lipinski definition) is 0. The number of aromatic nitrogens is 2. The second kappa shape index (κ2) is 5.17. The van der Waals surface area contributed by atoms with Gasteiger partial charge in [0, 0.05) is 18.9 Å². The van der Waals surface area contributed by atoms with Gasteiger partial charge in [-0.3, -0.25) is 0 Å². The number of hydrogen-bond acceptors (Lipinski definition) is 1. The van der Waals surface area contributed by atoms with E-state index < -0.39 is 0 Å².